The first-order valence-corrected chi connectivity index (χ1v) is 6.63. The Balaban J connectivity index is 2.39. The summed E-state index contributed by atoms with van der Waals surface area (Å²) in [5.41, 5.74) is -0.163. The third kappa shape index (κ3) is 3.30. The smallest absolute Gasteiger partial charge is 0.311 e. The van der Waals surface area contributed by atoms with Crippen molar-refractivity contribution in [2.24, 2.45) is 0 Å². The summed E-state index contributed by atoms with van der Waals surface area (Å²) in [6.45, 7) is 0. The van der Waals surface area contributed by atoms with Gasteiger partial charge in [-0.1, -0.05) is 15.9 Å². The predicted octanol–water partition coefficient (Wildman–Crippen LogP) is 5.05. The van der Waals surface area contributed by atoms with Crippen molar-refractivity contribution in [3.63, 3.8) is 0 Å². The summed E-state index contributed by atoms with van der Waals surface area (Å²) < 4.78 is 19.4. The first kappa shape index (κ1) is 14.0. The number of halogens is 3. The van der Waals surface area contributed by atoms with Gasteiger partial charge in [-0.25, -0.2) is 4.39 Å². The third-order valence-corrected chi connectivity index (χ3v) is 3.34. The average molecular weight is 391 g/mol. The van der Waals surface area contributed by atoms with E-state index in [0.717, 1.165) is 0 Å². The maximum Gasteiger partial charge on any atom is 0.311 e. The molecule has 0 spiro atoms. The molecule has 2 aromatic rings. The minimum atomic E-state index is -0.541. The largest absolute Gasteiger partial charge is 0.450 e. The zero-order chi connectivity index (χ0) is 14.0. The zero-order valence-corrected chi connectivity index (χ0v) is 12.4. The van der Waals surface area contributed by atoms with Crippen LogP contribution in [0.5, 0.6) is 11.5 Å². The van der Waals surface area contributed by atoms with E-state index in [1.54, 1.807) is 6.07 Å². The summed E-state index contributed by atoms with van der Waals surface area (Å²) in [5, 5.41) is 10.9. The van der Waals surface area contributed by atoms with Crippen molar-refractivity contribution in [3.05, 3.63) is 61.3 Å². The highest BCUT2D eigenvalue weighted by Crippen LogP contribution is 2.34. The van der Waals surface area contributed by atoms with Gasteiger partial charge in [0, 0.05) is 16.6 Å². The lowest BCUT2D eigenvalue weighted by molar-refractivity contribution is -0.385. The van der Waals surface area contributed by atoms with Crippen LogP contribution in [0.15, 0.2) is 45.3 Å². The molecule has 0 aliphatic rings. The van der Waals surface area contributed by atoms with Crippen molar-refractivity contribution >= 4 is 37.5 Å². The van der Waals surface area contributed by atoms with E-state index in [1.807, 2.05) is 0 Å². The topological polar surface area (TPSA) is 52.4 Å². The van der Waals surface area contributed by atoms with Gasteiger partial charge in [0.1, 0.15) is 11.6 Å². The SMILES string of the molecule is O=[N+]([O-])c1ccc(Br)cc1Oc1ccc(F)c(Br)c1. The van der Waals surface area contributed by atoms with Crippen molar-refractivity contribution in [1.82, 2.24) is 0 Å². The molecule has 98 valence electrons. The lowest BCUT2D eigenvalue weighted by Gasteiger charge is -2.07. The monoisotopic (exact) mass is 389 g/mol. The Morgan fingerprint density at radius 1 is 1.16 bits per heavy atom. The molecule has 0 unspecified atom stereocenters. The summed E-state index contributed by atoms with van der Waals surface area (Å²) in [5.74, 6) is -0.0524. The van der Waals surface area contributed by atoms with E-state index in [-0.39, 0.29) is 15.9 Å². The lowest BCUT2D eigenvalue weighted by Crippen LogP contribution is -1.93. The normalized spacial score (nSPS) is 10.3. The number of nitrogens with zero attached hydrogens (tertiary/aromatic N) is 1. The minimum Gasteiger partial charge on any atom is -0.450 e. The van der Waals surface area contributed by atoms with E-state index in [1.165, 1.54) is 30.3 Å². The van der Waals surface area contributed by atoms with Gasteiger partial charge >= 0.3 is 5.69 Å². The number of nitro groups is 1. The van der Waals surface area contributed by atoms with Gasteiger partial charge in [-0.3, -0.25) is 10.1 Å². The van der Waals surface area contributed by atoms with Crippen molar-refractivity contribution in [2.75, 3.05) is 0 Å². The molecule has 0 bridgehead atoms. The van der Waals surface area contributed by atoms with E-state index >= 15 is 0 Å². The fourth-order valence-corrected chi connectivity index (χ4v) is 2.09. The fourth-order valence-electron chi connectivity index (χ4n) is 1.39. The van der Waals surface area contributed by atoms with Gasteiger partial charge in [-0.15, -0.1) is 0 Å². The van der Waals surface area contributed by atoms with Crippen molar-refractivity contribution in [1.29, 1.82) is 0 Å². The predicted molar refractivity (Wildman–Crippen MR) is 75.0 cm³/mol. The first-order valence-electron chi connectivity index (χ1n) is 5.04. The van der Waals surface area contributed by atoms with Gasteiger partial charge in [0.25, 0.3) is 0 Å². The maximum atomic E-state index is 13.1. The molecule has 2 rings (SSSR count). The van der Waals surface area contributed by atoms with Crippen LogP contribution in [-0.2, 0) is 0 Å². The van der Waals surface area contributed by atoms with Crippen LogP contribution >= 0.6 is 31.9 Å². The molecular weight excluding hydrogens is 385 g/mol. The molecule has 0 fully saturated rings. The van der Waals surface area contributed by atoms with E-state index in [9.17, 15) is 14.5 Å². The second-order valence-corrected chi connectivity index (χ2v) is 5.32. The maximum absolute atomic E-state index is 13.1. The summed E-state index contributed by atoms with van der Waals surface area (Å²) in [6.07, 6.45) is 0. The molecule has 0 atom stereocenters. The van der Waals surface area contributed by atoms with E-state index < -0.39 is 10.7 Å². The van der Waals surface area contributed by atoms with Crippen LogP contribution in [0.2, 0.25) is 0 Å². The summed E-state index contributed by atoms with van der Waals surface area (Å²) in [7, 11) is 0. The van der Waals surface area contributed by atoms with Crippen LogP contribution in [0, 0.1) is 15.9 Å². The molecule has 7 heteroatoms. The van der Waals surface area contributed by atoms with Gasteiger partial charge in [-0.05, 0) is 40.2 Å². The molecule has 0 saturated heterocycles. The Hall–Kier alpha value is -1.47. The number of hydrogen-bond acceptors (Lipinski definition) is 3. The summed E-state index contributed by atoms with van der Waals surface area (Å²) in [6, 6.07) is 8.37. The van der Waals surface area contributed by atoms with Gasteiger partial charge in [-0.2, -0.15) is 0 Å². The Kier molecular flexibility index (Phi) is 4.16. The first-order chi connectivity index (χ1) is 8.97. The van der Waals surface area contributed by atoms with Crippen molar-refractivity contribution in [2.45, 2.75) is 0 Å². The van der Waals surface area contributed by atoms with Crippen LogP contribution in [-0.4, -0.2) is 4.92 Å². The standard InChI is InChI=1S/C12H6Br2FNO3/c13-7-1-4-11(16(17)18)12(5-7)19-8-2-3-10(15)9(14)6-8/h1-6H. The fraction of sp³-hybridized carbons (Fsp3) is 0. The second kappa shape index (κ2) is 5.66. The highest BCUT2D eigenvalue weighted by atomic mass is 79.9. The summed E-state index contributed by atoms with van der Waals surface area (Å²) >= 11 is 6.24. The Labute approximate surface area is 124 Å². The lowest BCUT2D eigenvalue weighted by atomic mass is 10.3. The molecule has 2 aromatic carbocycles. The Morgan fingerprint density at radius 3 is 2.53 bits per heavy atom. The molecule has 0 amide bonds. The Bertz CT molecular complexity index is 649. The molecule has 0 aliphatic heterocycles. The van der Waals surface area contributed by atoms with Crippen LogP contribution in [0.4, 0.5) is 10.1 Å². The molecule has 0 saturated carbocycles. The van der Waals surface area contributed by atoms with Gasteiger partial charge < -0.3 is 4.74 Å². The number of ether oxygens (including phenoxy) is 1. The quantitative estimate of drug-likeness (QED) is 0.544. The summed E-state index contributed by atoms with van der Waals surface area (Å²) in [4.78, 5) is 10.3. The molecule has 19 heavy (non-hydrogen) atoms. The molecular formula is C12H6Br2FNO3. The highest BCUT2D eigenvalue weighted by Gasteiger charge is 2.16. The Morgan fingerprint density at radius 2 is 1.89 bits per heavy atom. The molecule has 4 nitrogen and oxygen atoms in total. The second-order valence-electron chi connectivity index (χ2n) is 3.55. The van der Waals surface area contributed by atoms with Crippen LogP contribution in [0.3, 0.4) is 0 Å². The molecule has 0 aromatic heterocycles. The van der Waals surface area contributed by atoms with Gasteiger partial charge in [0.05, 0.1) is 9.40 Å². The van der Waals surface area contributed by atoms with E-state index in [0.29, 0.717) is 10.2 Å². The van der Waals surface area contributed by atoms with E-state index in [2.05, 4.69) is 31.9 Å². The van der Waals surface area contributed by atoms with E-state index in [4.69, 9.17) is 4.74 Å². The highest BCUT2D eigenvalue weighted by molar-refractivity contribution is 9.10. The van der Waals surface area contributed by atoms with Gasteiger partial charge in [0.2, 0.25) is 5.75 Å². The number of hydrogen-bond donors (Lipinski definition) is 0. The molecule has 0 radical (unpaired) electrons. The van der Waals surface area contributed by atoms with Crippen molar-refractivity contribution < 1.29 is 14.1 Å². The molecule has 0 aliphatic carbocycles. The molecule has 0 N–H and O–H groups in total. The van der Waals surface area contributed by atoms with Crippen LogP contribution < -0.4 is 4.74 Å². The minimum absolute atomic E-state index is 0.0814. The number of nitro benzene ring substituents is 1. The van der Waals surface area contributed by atoms with Crippen molar-refractivity contribution in [3.8, 4) is 11.5 Å². The third-order valence-electron chi connectivity index (χ3n) is 2.24. The number of rotatable bonds is 3. The average Bonchev–Trinajstić information content (AvgIpc) is 2.33. The van der Waals surface area contributed by atoms with Crippen LogP contribution in [0.25, 0.3) is 0 Å². The molecule has 0 heterocycles. The van der Waals surface area contributed by atoms with Gasteiger partial charge in [0.15, 0.2) is 0 Å². The number of benzene rings is 2. The zero-order valence-electron chi connectivity index (χ0n) is 9.27. The van der Waals surface area contributed by atoms with Crippen LogP contribution in [0.1, 0.15) is 0 Å².